The highest BCUT2D eigenvalue weighted by molar-refractivity contribution is 5.14. The topological polar surface area (TPSA) is 15.3 Å². The minimum Gasteiger partial charge on any atom is -0.314 e. The predicted octanol–water partition coefficient (Wildman–Crippen LogP) is 2.16. The van der Waals surface area contributed by atoms with Crippen molar-refractivity contribution in [3.8, 4) is 0 Å². The molecular weight excluding hydrogens is 196 g/mol. The molecule has 0 spiro atoms. The molecule has 0 bridgehead atoms. The molecule has 1 aromatic carbocycles. The van der Waals surface area contributed by atoms with Crippen LogP contribution in [-0.4, -0.2) is 37.6 Å². The number of rotatable bonds is 6. The van der Waals surface area contributed by atoms with Crippen LogP contribution in [0.15, 0.2) is 30.3 Å². The van der Waals surface area contributed by atoms with E-state index in [-0.39, 0.29) is 5.54 Å². The summed E-state index contributed by atoms with van der Waals surface area (Å²) < 4.78 is 0. The maximum absolute atomic E-state index is 3.33. The first-order valence-electron chi connectivity index (χ1n) is 5.95. The lowest BCUT2D eigenvalue weighted by molar-refractivity contribution is 0.246. The van der Waals surface area contributed by atoms with Gasteiger partial charge in [-0.15, -0.1) is 0 Å². The minimum atomic E-state index is 0.186. The van der Waals surface area contributed by atoms with Crippen LogP contribution in [-0.2, 0) is 6.42 Å². The van der Waals surface area contributed by atoms with Crippen molar-refractivity contribution in [2.24, 2.45) is 0 Å². The summed E-state index contributed by atoms with van der Waals surface area (Å²) >= 11 is 0. The van der Waals surface area contributed by atoms with Crippen molar-refractivity contribution in [2.45, 2.75) is 25.8 Å². The van der Waals surface area contributed by atoms with Crippen molar-refractivity contribution in [2.75, 3.05) is 27.2 Å². The van der Waals surface area contributed by atoms with Gasteiger partial charge in [0.1, 0.15) is 0 Å². The molecule has 90 valence electrons. The number of benzene rings is 1. The standard InChI is InChI=1S/C14H24N2/c1-14(2,15-3)12-16(4)11-10-13-8-6-5-7-9-13/h5-9,15H,10-12H2,1-4H3. The highest BCUT2D eigenvalue weighted by Gasteiger charge is 2.16. The summed E-state index contributed by atoms with van der Waals surface area (Å²) in [5, 5.41) is 3.33. The molecule has 1 aromatic rings. The normalized spacial score (nSPS) is 12.1. The second kappa shape index (κ2) is 6.02. The minimum absolute atomic E-state index is 0.186. The Morgan fingerprint density at radius 2 is 1.81 bits per heavy atom. The highest BCUT2D eigenvalue weighted by Crippen LogP contribution is 2.05. The maximum atomic E-state index is 3.33. The van der Waals surface area contributed by atoms with Crippen molar-refractivity contribution < 1.29 is 0 Å². The summed E-state index contributed by atoms with van der Waals surface area (Å²) in [4.78, 5) is 2.38. The second-order valence-electron chi connectivity index (χ2n) is 5.11. The van der Waals surface area contributed by atoms with Gasteiger partial charge in [0.15, 0.2) is 0 Å². The van der Waals surface area contributed by atoms with Gasteiger partial charge in [0, 0.05) is 18.6 Å². The molecular formula is C14H24N2. The van der Waals surface area contributed by atoms with Crippen LogP contribution in [0, 0.1) is 0 Å². The molecule has 0 aromatic heterocycles. The largest absolute Gasteiger partial charge is 0.314 e. The molecule has 0 fully saturated rings. The van der Waals surface area contributed by atoms with Crippen molar-refractivity contribution in [1.82, 2.24) is 10.2 Å². The molecule has 0 radical (unpaired) electrons. The molecule has 2 nitrogen and oxygen atoms in total. The maximum Gasteiger partial charge on any atom is 0.0249 e. The number of hydrogen-bond acceptors (Lipinski definition) is 2. The van der Waals surface area contributed by atoms with Gasteiger partial charge in [-0.25, -0.2) is 0 Å². The zero-order valence-electron chi connectivity index (χ0n) is 11.0. The molecule has 1 rings (SSSR count). The third kappa shape index (κ3) is 4.77. The van der Waals surface area contributed by atoms with Crippen LogP contribution < -0.4 is 5.32 Å². The molecule has 0 aliphatic rings. The summed E-state index contributed by atoms with van der Waals surface area (Å²) in [6.07, 6.45) is 1.12. The van der Waals surface area contributed by atoms with E-state index in [0.717, 1.165) is 19.5 Å². The molecule has 0 aliphatic carbocycles. The third-order valence-electron chi connectivity index (χ3n) is 2.97. The Balaban J connectivity index is 2.33. The van der Waals surface area contributed by atoms with Gasteiger partial charge < -0.3 is 10.2 Å². The number of nitrogens with zero attached hydrogens (tertiary/aromatic N) is 1. The van der Waals surface area contributed by atoms with Gasteiger partial charge >= 0.3 is 0 Å². The monoisotopic (exact) mass is 220 g/mol. The fraction of sp³-hybridized carbons (Fsp3) is 0.571. The van der Waals surface area contributed by atoms with Crippen molar-refractivity contribution in [3.05, 3.63) is 35.9 Å². The summed E-state index contributed by atoms with van der Waals surface area (Å²) in [5.74, 6) is 0. The quantitative estimate of drug-likeness (QED) is 0.790. The van der Waals surface area contributed by atoms with Crippen molar-refractivity contribution in [3.63, 3.8) is 0 Å². The van der Waals surface area contributed by atoms with Crippen LogP contribution in [0.1, 0.15) is 19.4 Å². The van der Waals surface area contributed by atoms with E-state index in [0.29, 0.717) is 0 Å². The molecule has 16 heavy (non-hydrogen) atoms. The molecule has 2 heteroatoms. The van der Waals surface area contributed by atoms with E-state index in [9.17, 15) is 0 Å². The first-order valence-corrected chi connectivity index (χ1v) is 5.95. The average Bonchev–Trinajstić information content (AvgIpc) is 2.27. The van der Waals surface area contributed by atoms with Gasteiger partial charge in [-0.05, 0) is 39.9 Å². The Morgan fingerprint density at radius 1 is 1.19 bits per heavy atom. The first-order chi connectivity index (χ1) is 7.53. The Hall–Kier alpha value is -0.860. The van der Waals surface area contributed by atoms with Crippen LogP contribution in [0.3, 0.4) is 0 Å². The van der Waals surface area contributed by atoms with Gasteiger partial charge in [0.25, 0.3) is 0 Å². The summed E-state index contributed by atoms with van der Waals surface area (Å²) in [6.45, 7) is 6.63. The molecule has 1 N–H and O–H groups in total. The molecule has 0 saturated heterocycles. The Kier molecular flexibility index (Phi) is 4.97. The van der Waals surface area contributed by atoms with E-state index in [4.69, 9.17) is 0 Å². The van der Waals surface area contributed by atoms with Crippen LogP contribution in [0.25, 0.3) is 0 Å². The number of nitrogens with one attached hydrogen (secondary N) is 1. The first kappa shape index (κ1) is 13.2. The van der Waals surface area contributed by atoms with Crippen LogP contribution >= 0.6 is 0 Å². The lowest BCUT2D eigenvalue weighted by atomic mass is 10.1. The van der Waals surface area contributed by atoms with Gasteiger partial charge in [0.05, 0.1) is 0 Å². The van der Waals surface area contributed by atoms with Crippen LogP contribution in [0.4, 0.5) is 0 Å². The summed E-state index contributed by atoms with van der Waals surface area (Å²) in [6, 6.07) is 10.7. The Labute approximate surface area is 99.7 Å². The van der Waals surface area contributed by atoms with Crippen LogP contribution in [0.2, 0.25) is 0 Å². The Morgan fingerprint density at radius 3 is 2.38 bits per heavy atom. The highest BCUT2D eigenvalue weighted by atomic mass is 15.1. The number of likely N-dealkylation sites (N-methyl/N-ethyl adjacent to an activating group) is 2. The van der Waals surface area contributed by atoms with Gasteiger partial charge in [-0.2, -0.15) is 0 Å². The van der Waals surface area contributed by atoms with E-state index < -0.39 is 0 Å². The smallest absolute Gasteiger partial charge is 0.0249 e. The SMILES string of the molecule is CNC(C)(C)CN(C)CCc1ccccc1. The molecule has 0 amide bonds. The van der Waals surface area contributed by atoms with Crippen LogP contribution in [0.5, 0.6) is 0 Å². The van der Waals surface area contributed by atoms with E-state index in [2.05, 4.69) is 61.4 Å². The second-order valence-corrected chi connectivity index (χ2v) is 5.11. The van der Waals surface area contributed by atoms with E-state index in [1.807, 2.05) is 7.05 Å². The predicted molar refractivity (Wildman–Crippen MR) is 70.8 cm³/mol. The lowest BCUT2D eigenvalue weighted by Gasteiger charge is -2.30. The molecule has 0 atom stereocenters. The Bertz CT molecular complexity index is 293. The van der Waals surface area contributed by atoms with E-state index in [1.165, 1.54) is 5.56 Å². The molecule has 0 heterocycles. The third-order valence-corrected chi connectivity index (χ3v) is 2.97. The lowest BCUT2D eigenvalue weighted by Crippen LogP contribution is -2.46. The summed E-state index contributed by atoms with van der Waals surface area (Å²) in [7, 11) is 4.20. The van der Waals surface area contributed by atoms with Crippen molar-refractivity contribution in [1.29, 1.82) is 0 Å². The summed E-state index contributed by atoms with van der Waals surface area (Å²) in [5.41, 5.74) is 1.60. The molecule has 0 unspecified atom stereocenters. The fourth-order valence-corrected chi connectivity index (χ4v) is 1.80. The number of hydrogen-bond donors (Lipinski definition) is 1. The fourth-order valence-electron chi connectivity index (χ4n) is 1.80. The van der Waals surface area contributed by atoms with Crippen molar-refractivity contribution >= 4 is 0 Å². The molecule has 0 saturated carbocycles. The zero-order chi connectivity index (χ0) is 12.0. The molecule has 0 aliphatic heterocycles. The van der Waals surface area contributed by atoms with Gasteiger partial charge in [0.2, 0.25) is 0 Å². The van der Waals surface area contributed by atoms with E-state index in [1.54, 1.807) is 0 Å². The van der Waals surface area contributed by atoms with Gasteiger partial charge in [-0.1, -0.05) is 30.3 Å². The zero-order valence-corrected chi connectivity index (χ0v) is 11.0. The van der Waals surface area contributed by atoms with E-state index >= 15 is 0 Å². The van der Waals surface area contributed by atoms with Gasteiger partial charge in [-0.3, -0.25) is 0 Å². The average molecular weight is 220 g/mol.